The number of carbonyl (C=O) groups excluding carboxylic acids is 2. The van der Waals surface area contributed by atoms with Gasteiger partial charge in [0.25, 0.3) is 5.91 Å². The summed E-state index contributed by atoms with van der Waals surface area (Å²) in [6, 6.07) is 21.9. The van der Waals surface area contributed by atoms with Gasteiger partial charge in [-0.25, -0.2) is 4.79 Å². The Hall–Kier alpha value is -4.85. The molecule has 1 aliphatic heterocycles. The average Bonchev–Trinajstić information content (AvgIpc) is 2.96. The van der Waals surface area contributed by atoms with Gasteiger partial charge in [0, 0.05) is 25.6 Å². The quantitative estimate of drug-likeness (QED) is 0.221. The summed E-state index contributed by atoms with van der Waals surface area (Å²) in [4.78, 5) is 33.3. The van der Waals surface area contributed by atoms with Crippen LogP contribution in [0.4, 0.5) is 0 Å². The average molecular weight is 555 g/mol. The molecule has 3 aromatic carbocycles. The van der Waals surface area contributed by atoms with E-state index in [0.29, 0.717) is 30.8 Å². The summed E-state index contributed by atoms with van der Waals surface area (Å²) in [5.74, 6) is -1.52. The first kappa shape index (κ1) is 29.1. The summed E-state index contributed by atoms with van der Waals surface area (Å²) in [6.45, 7) is 0.700. The lowest BCUT2D eigenvalue weighted by atomic mass is 10.00. The zero-order valence-corrected chi connectivity index (χ0v) is 22.8. The molecule has 1 aliphatic rings. The SMILES string of the molecule is O=C1OCC/C=C/CC/C=C/C(=NOCC(=O)N(Cc2ccccc2)Cc2ccccc2)Cc2cc(O)cc(O)c21. The number of oxime groups is 1. The van der Waals surface area contributed by atoms with Crippen molar-refractivity contribution in [3.8, 4) is 11.5 Å². The molecule has 0 fully saturated rings. The number of hydrogen-bond acceptors (Lipinski definition) is 7. The van der Waals surface area contributed by atoms with Crippen LogP contribution in [0.25, 0.3) is 0 Å². The number of fused-ring (bicyclic) bond motifs is 1. The predicted octanol–water partition coefficient (Wildman–Crippen LogP) is 5.70. The number of nitrogens with zero attached hydrogens (tertiary/aromatic N) is 2. The maximum absolute atomic E-state index is 13.3. The number of allylic oxidation sites excluding steroid dienone is 3. The van der Waals surface area contributed by atoms with Crippen molar-refractivity contribution in [2.24, 2.45) is 5.16 Å². The lowest BCUT2D eigenvalue weighted by molar-refractivity contribution is -0.137. The van der Waals surface area contributed by atoms with Crippen molar-refractivity contribution in [1.29, 1.82) is 0 Å². The van der Waals surface area contributed by atoms with Crippen molar-refractivity contribution in [2.75, 3.05) is 13.2 Å². The number of cyclic esters (lactones) is 1. The van der Waals surface area contributed by atoms with Gasteiger partial charge in [0.15, 0.2) is 6.61 Å². The number of rotatable bonds is 7. The monoisotopic (exact) mass is 554 g/mol. The van der Waals surface area contributed by atoms with Gasteiger partial charge in [-0.15, -0.1) is 0 Å². The fourth-order valence-corrected chi connectivity index (χ4v) is 4.40. The highest BCUT2D eigenvalue weighted by atomic mass is 16.6. The predicted molar refractivity (Wildman–Crippen MR) is 156 cm³/mol. The van der Waals surface area contributed by atoms with Gasteiger partial charge in [-0.3, -0.25) is 4.79 Å². The van der Waals surface area contributed by atoms with Crippen LogP contribution in [0.5, 0.6) is 11.5 Å². The highest BCUT2D eigenvalue weighted by Crippen LogP contribution is 2.29. The molecule has 0 saturated heterocycles. The Morgan fingerprint density at radius 3 is 2.20 bits per heavy atom. The van der Waals surface area contributed by atoms with Gasteiger partial charge in [0.2, 0.25) is 0 Å². The Balaban J connectivity index is 1.54. The number of esters is 1. The maximum Gasteiger partial charge on any atom is 0.342 e. The van der Waals surface area contributed by atoms with E-state index in [2.05, 4.69) is 5.16 Å². The van der Waals surface area contributed by atoms with E-state index in [1.54, 1.807) is 11.0 Å². The molecule has 8 nitrogen and oxygen atoms in total. The Labute approximate surface area is 239 Å². The van der Waals surface area contributed by atoms with Crippen LogP contribution in [0.15, 0.2) is 102 Å². The second-order valence-corrected chi connectivity index (χ2v) is 9.63. The highest BCUT2D eigenvalue weighted by molar-refractivity contribution is 6.00. The Morgan fingerprint density at radius 2 is 1.51 bits per heavy atom. The molecule has 3 aromatic rings. The Kier molecular flexibility index (Phi) is 10.7. The number of aromatic hydroxyl groups is 2. The van der Waals surface area contributed by atoms with Gasteiger partial charge in [0.05, 0.1) is 12.3 Å². The molecule has 1 heterocycles. The van der Waals surface area contributed by atoms with E-state index in [9.17, 15) is 19.8 Å². The molecule has 1 amide bonds. The summed E-state index contributed by atoms with van der Waals surface area (Å²) < 4.78 is 5.33. The molecule has 0 unspecified atom stereocenters. The largest absolute Gasteiger partial charge is 0.508 e. The summed E-state index contributed by atoms with van der Waals surface area (Å²) in [5.41, 5.74) is 2.69. The number of carbonyl (C=O) groups is 2. The smallest absolute Gasteiger partial charge is 0.342 e. The second kappa shape index (κ2) is 15.1. The van der Waals surface area contributed by atoms with Crippen LogP contribution >= 0.6 is 0 Å². The molecule has 41 heavy (non-hydrogen) atoms. The molecule has 212 valence electrons. The summed E-state index contributed by atoms with van der Waals surface area (Å²) >= 11 is 0. The summed E-state index contributed by atoms with van der Waals surface area (Å²) in [7, 11) is 0. The fourth-order valence-electron chi connectivity index (χ4n) is 4.40. The van der Waals surface area contributed by atoms with Crippen molar-refractivity contribution in [2.45, 2.75) is 38.8 Å². The van der Waals surface area contributed by atoms with Gasteiger partial charge >= 0.3 is 5.97 Å². The number of phenolic OH excluding ortho intramolecular Hbond substituents is 2. The first-order chi connectivity index (χ1) is 20.0. The van der Waals surface area contributed by atoms with E-state index in [1.165, 1.54) is 6.07 Å². The normalized spacial score (nSPS) is 16.6. The molecule has 4 rings (SSSR count). The fraction of sp³-hybridized carbons (Fsp3) is 0.242. The third-order valence-corrected chi connectivity index (χ3v) is 6.41. The maximum atomic E-state index is 13.3. The van der Waals surface area contributed by atoms with E-state index < -0.39 is 5.97 Å². The van der Waals surface area contributed by atoms with Crippen LogP contribution in [0.3, 0.4) is 0 Å². The van der Waals surface area contributed by atoms with E-state index in [4.69, 9.17) is 9.57 Å². The van der Waals surface area contributed by atoms with Crippen LogP contribution in [0, 0.1) is 0 Å². The molecule has 0 aliphatic carbocycles. The van der Waals surface area contributed by atoms with E-state index in [0.717, 1.165) is 30.0 Å². The van der Waals surface area contributed by atoms with Gasteiger partial charge in [-0.05, 0) is 48.1 Å². The number of ether oxygens (including phenoxy) is 1. The number of phenols is 2. The van der Waals surface area contributed by atoms with Crippen LogP contribution in [0.1, 0.15) is 46.3 Å². The van der Waals surface area contributed by atoms with Crippen molar-refractivity contribution in [3.05, 3.63) is 119 Å². The Bertz CT molecular complexity index is 1360. The van der Waals surface area contributed by atoms with Crippen LogP contribution < -0.4 is 0 Å². The standard InChI is InChI=1S/C33H34N2O6/c36-29-20-27-19-28(17-11-3-1-2-4-12-18-40-33(39)32(27)30(37)21-29)34-41-24-31(38)35(22-25-13-7-5-8-14-25)23-26-15-9-6-10-16-26/h2,4-11,13-17,20-21,36-37H,1,3,12,18-19,22-24H2/b4-2+,17-11+,34-28?. The molecule has 8 heteroatoms. The third-order valence-electron chi connectivity index (χ3n) is 6.41. The number of amides is 1. The number of benzene rings is 3. The van der Waals surface area contributed by atoms with Gasteiger partial charge < -0.3 is 24.7 Å². The van der Waals surface area contributed by atoms with Crippen LogP contribution in [0.2, 0.25) is 0 Å². The Morgan fingerprint density at radius 1 is 0.878 bits per heavy atom. The van der Waals surface area contributed by atoms with Gasteiger partial charge in [-0.1, -0.05) is 84.0 Å². The van der Waals surface area contributed by atoms with E-state index >= 15 is 0 Å². The zero-order chi connectivity index (χ0) is 28.9. The van der Waals surface area contributed by atoms with Crippen molar-refractivity contribution in [1.82, 2.24) is 4.90 Å². The van der Waals surface area contributed by atoms with Crippen molar-refractivity contribution >= 4 is 17.6 Å². The van der Waals surface area contributed by atoms with Crippen LogP contribution in [-0.4, -0.2) is 45.9 Å². The minimum absolute atomic E-state index is 0.0436. The number of hydrogen-bond donors (Lipinski definition) is 2. The lowest BCUT2D eigenvalue weighted by Crippen LogP contribution is -2.32. The molecular weight excluding hydrogens is 520 g/mol. The van der Waals surface area contributed by atoms with Gasteiger partial charge in [0.1, 0.15) is 17.1 Å². The second-order valence-electron chi connectivity index (χ2n) is 9.63. The lowest BCUT2D eigenvalue weighted by Gasteiger charge is -2.22. The zero-order valence-electron chi connectivity index (χ0n) is 22.8. The molecule has 0 bridgehead atoms. The molecule has 0 spiro atoms. The highest BCUT2D eigenvalue weighted by Gasteiger charge is 2.21. The first-order valence-corrected chi connectivity index (χ1v) is 13.6. The first-order valence-electron chi connectivity index (χ1n) is 13.6. The summed E-state index contributed by atoms with van der Waals surface area (Å²) in [6.07, 6.45) is 9.79. The molecule has 0 radical (unpaired) electrons. The molecule has 0 aromatic heterocycles. The molecule has 0 saturated carbocycles. The van der Waals surface area contributed by atoms with Crippen molar-refractivity contribution < 1.29 is 29.4 Å². The van der Waals surface area contributed by atoms with E-state index in [-0.39, 0.29) is 42.6 Å². The molecular formula is C33H34N2O6. The minimum Gasteiger partial charge on any atom is -0.508 e. The molecule has 2 N–H and O–H groups in total. The van der Waals surface area contributed by atoms with Crippen LogP contribution in [-0.2, 0) is 33.9 Å². The van der Waals surface area contributed by atoms with Gasteiger partial charge in [-0.2, -0.15) is 0 Å². The van der Waals surface area contributed by atoms with E-state index in [1.807, 2.05) is 78.9 Å². The van der Waals surface area contributed by atoms with Crippen molar-refractivity contribution in [3.63, 3.8) is 0 Å². The third kappa shape index (κ3) is 9.10. The minimum atomic E-state index is -0.695. The topological polar surface area (TPSA) is 109 Å². The summed E-state index contributed by atoms with van der Waals surface area (Å²) in [5, 5.41) is 24.8. The molecule has 0 atom stereocenters.